The van der Waals surface area contributed by atoms with E-state index >= 15 is 0 Å². The number of aromatic nitrogens is 2. The van der Waals surface area contributed by atoms with Crippen LogP contribution in [0.1, 0.15) is 20.8 Å². The number of nitrogens with one attached hydrogen (secondary N) is 1. The molecule has 1 N–H and O–H groups in total. The van der Waals surface area contributed by atoms with Crippen LogP contribution in [-0.2, 0) is 9.53 Å². The number of hydrogen-bond donors (Lipinski definition) is 1. The van der Waals surface area contributed by atoms with E-state index in [1.807, 2.05) is 4.90 Å². The summed E-state index contributed by atoms with van der Waals surface area (Å²) in [4.78, 5) is 46.8. The van der Waals surface area contributed by atoms with Gasteiger partial charge in [0.15, 0.2) is 0 Å². The molecular formula is C18H19N5O4. The van der Waals surface area contributed by atoms with Gasteiger partial charge in [-0.15, -0.1) is 0 Å². The van der Waals surface area contributed by atoms with Crippen LogP contribution in [0.4, 0.5) is 11.5 Å². The van der Waals surface area contributed by atoms with Crippen molar-refractivity contribution in [3.05, 3.63) is 47.9 Å². The number of piperazine rings is 1. The van der Waals surface area contributed by atoms with Crippen molar-refractivity contribution >= 4 is 29.8 Å². The number of hydrogen-bond acceptors (Lipinski definition) is 7. The average molecular weight is 369 g/mol. The molecule has 0 aliphatic carbocycles. The summed E-state index contributed by atoms with van der Waals surface area (Å²) in [7, 11) is 1.30. The van der Waals surface area contributed by atoms with Gasteiger partial charge in [0.1, 0.15) is 17.8 Å². The van der Waals surface area contributed by atoms with Crippen LogP contribution in [0.5, 0.6) is 0 Å². The largest absolute Gasteiger partial charge is 0.465 e. The maximum Gasteiger partial charge on any atom is 0.337 e. The van der Waals surface area contributed by atoms with Gasteiger partial charge < -0.3 is 19.9 Å². The smallest absolute Gasteiger partial charge is 0.337 e. The molecule has 0 atom stereocenters. The van der Waals surface area contributed by atoms with Crippen LogP contribution >= 0.6 is 0 Å². The number of benzene rings is 1. The van der Waals surface area contributed by atoms with Gasteiger partial charge >= 0.3 is 5.97 Å². The zero-order valence-corrected chi connectivity index (χ0v) is 14.8. The molecule has 9 heteroatoms. The van der Waals surface area contributed by atoms with Crippen molar-refractivity contribution in [3.8, 4) is 0 Å². The molecular weight excluding hydrogens is 350 g/mol. The Morgan fingerprint density at radius 2 is 1.93 bits per heavy atom. The summed E-state index contributed by atoms with van der Waals surface area (Å²) >= 11 is 0. The molecule has 1 saturated heterocycles. The van der Waals surface area contributed by atoms with Gasteiger partial charge in [0, 0.05) is 37.9 Å². The van der Waals surface area contributed by atoms with Crippen molar-refractivity contribution in [2.24, 2.45) is 0 Å². The van der Waals surface area contributed by atoms with Crippen LogP contribution in [0.2, 0.25) is 0 Å². The second-order valence-corrected chi connectivity index (χ2v) is 5.92. The first-order valence-corrected chi connectivity index (χ1v) is 8.37. The third kappa shape index (κ3) is 4.38. The van der Waals surface area contributed by atoms with E-state index in [0.29, 0.717) is 43.2 Å². The lowest BCUT2D eigenvalue weighted by atomic mass is 10.2. The summed E-state index contributed by atoms with van der Waals surface area (Å²) in [6.07, 6.45) is 2.17. The number of nitrogens with zero attached hydrogens (tertiary/aromatic N) is 4. The summed E-state index contributed by atoms with van der Waals surface area (Å²) in [5.41, 5.74) is 1.01. The lowest BCUT2D eigenvalue weighted by molar-refractivity contribution is -0.118. The van der Waals surface area contributed by atoms with Crippen LogP contribution in [0, 0.1) is 0 Å². The monoisotopic (exact) mass is 369 g/mol. The maximum absolute atomic E-state index is 12.5. The number of rotatable bonds is 5. The van der Waals surface area contributed by atoms with Gasteiger partial charge in [-0.2, -0.15) is 0 Å². The summed E-state index contributed by atoms with van der Waals surface area (Å²) in [6, 6.07) is 8.06. The van der Waals surface area contributed by atoms with Gasteiger partial charge in [0.05, 0.1) is 12.7 Å². The van der Waals surface area contributed by atoms with Crippen molar-refractivity contribution in [3.63, 3.8) is 0 Å². The number of anilines is 2. The minimum atomic E-state index is -0.482. The normalized spacial score (nSPS) is 13.8. The topological polar surface area (TPSA) is 105 Å². The summed E-state index contributed by atoms with van der Waals surface area (Å²) in [5, 5.41) is 2.71. The molecule has 2 heterocycles. The van der Waals surface area contributed by atoms with Crippen LogP contribution in [-0.4, -0.2) is 66.4 Å². The number of amides is 2. The molecule has 1 aliphatic heterocycles. The van der Waals surface area contributed by atoms with E-state index < -0.39 is 11.9 Å². The van der Waals surface area contributed by atoms with E-state index in [0.717, 1.165) is 6.41 Å². The lowest BCUT2D eigenvalue weighted by Crippen LogP contribution is -2.46. The lowest BCUT2D eigenvalue weighted by Gasteiger charge is -2.33. The highest BCUT2D eigenvalue weighted by atomic mass is 16.5. The van der Waals surface area contributed by atoms with Crippen LogP contribution in [0.3, 0.4) is 0 Å². The van der Waals surface area contributed by atoms with E-state index in [-0.39, 0.29) is 5.69 Å². The Kier molecular flexibility index (Phi) is 5.60. The molecule has 0 radical (unpaired) electrons. The fourth-order valence-corrected chi connectivity index (χ4v) is 2.74. The molecule has 140 valence electrons. The van der Waals surface area contributed by atoms with Gasteiger partial charge in [-0.25, -0.2) is 14.8 Å². The van der Waals surface area contributed by atoms with E-state index in [4.69, 9.17) is 0 Å². The third-order valence-electron chi connectivity index (χ3n) is 4.21. The number of carbonyl (C=O) groups is 3. The standard InChI is InChI=1S/C18H19N5O4/c1-27-18(26)13-3-2-4-14(9-13)21-17(25)15-10-16(20-11-19-15)23-7-5-22(12-24)6-8-23/h2-4,9-12H,5-8H2,1H3,(H,21,25). The average Bonchev–Trinajstić information content (AvgIpc) is 2.73. The summed E-state index contributed by atoms with van der Waals surface area (Å²) in [6.45, 7) is 2.49. The first kappa shape index (κ1) is 18.3. The molecule has 0 saturated carbocycles. The highest BCUT2D eigenvalue weighted by molar-refractivity contribution is 6.03. The minimum absolute atomic E-state index is 0.210. The van der Waals surface area contributed by atoms with Crippen LogP contribution in [0.15, 0.2) is 36.7 Å². The quantitative estimate of drug-likeness (QED) is 0.614. The van der Waals surface area contributed by atoms with Gasteiger partial charge in [-0.05, 0) is 18.2 Å². The number of esters is 1. The van der Waals surface area contributed by atoms with E-state index in [2.05, 4.69) is 20.0 Å². The Balaban J connectivity index is 1.71. The predicted octanol–water partition coefficient (Wildman–Crippen LogP) is 0.794. The highest BCUT2D eigenvalue weighted by Crippen LogP contribution is 2.16. The molecule has 1 fully saturated rings. The van der Waals surface area contributed by atoms with E-state index in [1.165, 1.54) is 19.5 Å². The molecule has 1 aromatic heterocycles. The Morgan fingerprint density at radius 3 is 2.63 bits per heavy atom. The zero-order valence-electron chi connectivity index (χ0n) is 14.8. The Bertz CT molecular complexity index is 849. The Hall–Kier alpha value is -3.49. The molecule has 27 heavy (non-hydrogen) atoms. The van der Waals surface area contributed by atoms with Crippen molar-refractivity contribution < 1.29 is 19.1 Å². The zero-order chi connectivity index (χ0) is 19.2. The Morgan fingerprint density at radius 1 is 1.15 bits per heavy atom. The van der Waals surface area contributed by atoms with E-state index in [9.17, 15) is 14.4 Å². The fraction of sp³-hybridized carbons (Fsp3) is 0.278. The van der Waals surface area contributed by atoms with Crippen molar-refractivity contribution in [1.29, 1.82) is 0 Å². The van der Waals surface area contributed by atoms with Crippen molar-refractivity contribution in [2.45, 2.75) is 0 Å². The number of ether oxygens (including phenoxy) is 1. The highest BCUT2D eigenvalue weighted by Gasteiger charge is 2.18. The van der Waals surface area contributed by atoms with E-state index in [1.54, 1.807) is 29.2 Å². The summed E-state index contributed by atoms with van der Waals surface area (Å²) in [5.74, 6) is -0.263. The fourth-order valence-electron chi connectivity index (χ4n) is 2.74. The number of carbonyl (C=O) groups excluding carboxylic acids is 3. The molecule has 1 aromatic carbocycles. The molecule has 3 rings (SSSR count). The molecule has 2 aromatic rings. The summed E-state index contributed by atoms with van der Waals surface area (Å²) < 4.78 is 4.68. The van der Waals surface area contributed by atoms with Gasteiger partial charge in [-0.3, -0.25) is 9.59 Å². The second kappa shape index (κ2) is 8.26. The number of methoxy groups -OCH3 is 1. The van der Waals surface area contributed by atoms with Crippen molar-refractivity contribution in [2.75, 3.05) is 43.5 Å². The molecule has 0 unspecified atom stereocenters. The SMILES string of the molecule is COC(=O)c1cccc(NC(=O)c2cc(N3CCN(C=O)CC3)ncn2)c1. The minimum Gasteiger partial charge on any atom is -0.465 e. The Labute approximate surface area is 156 Å². The van der Waals surface area contributed by atoms with Gasteiger partial charge in [0.2, 0.25) is 6.41 Å². The third-order valence-corrected chi connectivity index (χ3v) is 4.21. The maximum atomic E-state index is 12.5. The molecule has 0 bridgehead atoms. The van der Waals surface area contributed by atoms with Gasteiger partial charge in [-0.1, -0.05) is 6.07 Å². The molecule has 2 amide bonds. The molecule has 9 nitrogen and oxygen atoms in total. The van der Waals surface area contributed by atoms with Crippen LogP contribution < -0.4 is 10.2 Å². The second-order valence-electron chi connectivity index (χ2n) is 5.92. The first-order chi connectivity index (χ1) is 13.1. The predicted molar refractivity (Wildman–Crippen MR) is 97.6 cm³/mol. The van der Waals surface area contributed by atoms with Crippen LogP contribution in [0.25, 0.3) is 0 Å². The van der Waals surface area contributed by atoms with Gasteiger partial charge in [0.25, 0.3) is 5.91 Å². The molecule has 1 aliphatic rings. The first-order valence-electron chi connectivity index (χ1n) is 8.37. The molecule has 0 spiro atoms. The van der Waals surface area contributed by atoms with Crippen molar-refractivity contribution in [1.82, 2.24) is 14.9 Å².